The van der Waals surface area contributed by atoms with Gasteiger partial charge in [-0.1, -0.05) is 18.1 Å². The van der Waals surface area contributed by atoms with Gasteiger partial charge in [0.15, 0.2) is 0 Å². The molecule has 12 heavy (non-hydrogen) atoms. The molecule has 0 aliphatic carbocycles. The molecule has 58 valence electrons. The van der Waals surface area contributed by atoms with Gasteiger partial charge in [-0.05, 0) is 21.6 Å². The van der Waals surface area contributed by atoms with E-state index in [0.29, 0.717) is 6.42 Å². The molecule has 0 saturated heterocycles. The van der Waals surface area contributed by atoms with Crippen molar-refractivity contribution in [3.8, 4) is 15.9 Å². The van der Waals surface area contributed by atoms with Gasteiger partial charge in [0, 0.05) is 28.2 Å². The SMILES string of the molecule is N#CCc1ccc(C#CI)cc1. The monoisotopic (exact) mass is 267 g/mol. The highest BCUT2D eigenvalue weighted by Gasteiger charge is 1.90. The molecular weight excluding hydrogens is 261 g/mol. The summed E-state index contributed by atoms with van der Waals surface area (Å²) in [5, 5.41) is 8.41. The highest BCUT2D eigenvalue weighted by Crippen LogP contribution is 2.03. The number of rotatable bonds is 1. The van der Waals surface area contributed by atoms with Gasteiger partial charge in [0.1, 0.15) is 0 Å². The zero-order valence-corrected chi connectivity index (χ0v) is 8.50. The average molecular weight is 267 g/mol. The Balaban J connectivity index is 2.84. The van der Waals surface area contributed by atoms with Crippen molar-refractivity contribution in [2.24, 2.45) is 0 Å². The number of benzene rings is 1. The lowest BCUT2D eigenvalue weighted by molar-refractivity contribution is 1.26. The molecule has 0 aliphatic heterocycles. The summed E-state index contributed by atoms with van der Waals surface area (Å²) in [4.78, 5) is 0. The van der Waals surface area contributed by atoms with E-state index in [1.807, 2.05) is 46.9 Å². The number of nitriles is 1. The van der Waals surface area contributed by atoms with Crippen LogP contribution in [0.3, 0.4) is 0 Å². The minimum Gasteiger partial charge on any atom is -0.198 e. The van der Waals surface area contributed by atoms with Gasteiger partial charge >= 0.3 is 0 Å². The molecule has 0 heterocycles. The normalized spacial score (nSPS) is 8.00. The van der Waals surface area contributed by atoms with Gasteiger partial charge in [-0.3, -0.25) is 0 Å². The predicted octanol–water partition coefficient (Wildman–Crippen LogP) is 2.50. The standard InChI is InChI=1S/C10H6IN/c11-7-5-9-1-3-10(4-2-9)6-8-12/h1-4H,6H2. The molecule has 0 radical (unpaired) electrons. The molecule has 0 aliphatic rings. The van der Waals surface area contributed by atoms with Crippen LogP contribution in [-0.4, -0.2) is 0 Å². The number of halogens is 1. The van der Waals surface area contributed by atoms with E-state index in [1.165, 1.54) is 0 Å². The molecule has 0 aromatic heterocycles. The van der Waals surface area contributed by atoms with E-state index in [1.54, 1.807) is 0 Å². The Kier molecular flexibility index (Phi) is 3.63. The minimum atomic E-state index is 0.470. The van der Waals surface area contributed by atoms with Crippen LogP contribution in [0.4, 0.5) is 0 Å². The van der Waals surface area contributed by atoms with Crippen molar-refractivity contribution in [2.75, 3.05) is 0 Å². The number of hydrogen-bond acceptors (Lipinski definition) is 1. The van der Waals surface area contributed by atoms with Crippen molar-refractivity contribution in [1.82, 2.24) is 0 Å². The lowest BCUT2D eigenvalue weighted by Gasteiger charge is -1.93. The van der Waals surface area contributed by atoms with E-state index in [-0.39, 0.29) is 0 Å². The van der Waals surface area contributed by atoms with Gasteiger partial charge in [-0.2, -0.15) is 5.26 Å². The summed E-state index contributed by atoms with van der Waals surface area (Å²) in [5.41, 5.74) is 2.03. The first-order valence-electron chi connectivity index (χ1n) is 3.44. The fraction of sp³-hybridized carbons (Fsp3) is 0.100. The summed E-state index contributed by atoms with van der Waals surface area (Å²) >= 11 is 2.00. The van der Waals surface area contributed by atoms with Gasteiger partial charge in [0.2, 0.25) is 0 Å². The van der Waals surface area contributed by atoms with Crippen molar-refractivity contribution in [3.05, 3.63) is 35.4 Å². The summed E-state index contributed by atoms with van der Waals surface area (Å²) in [6, 6.07) is 9.82. The molecule has 0 amide bonds. The second-order valence-electron chi connectivity index (χ2n) is 2.25. The summed E-state index contributed by atoms with van der Waals surface area (Å²) in [6.45, 7) is 0. The Morgan fingerprint density at radius 3 is 2.42 bits per heavy atom. The van der Waals surface area contributed by atoms with Crippen LogP contribution in [-0.2, 0) is 6.42 Å². The molecule has 1 aromatic carbocycles. The quantitative estimate of drug-likeness (QED) is 0.566. The molecule has 0 N–H and O–H groups in total. The van der Waals surface area contributed by atoms with Crippen LogP contribution >= 0.6 is 22.6 Å². The molecule has 1 rings (SSSR count). The van der Waals surface area contributed by atoms with Crippen LogP contribution < -0.4 is 0 Å². The molecule has 1 nitrogen and oxygen atoms in total. The van der Waals surface area contributed by atoms with E-state index in [9.17, 15) is 0 Å². The van der Waals surface area contributed by atoms with E-state index in [0.717, 1.165) is 11.1 Å². The van der Waals surface area contributed by atoms with Crippen LogP contribution in [0.2, 0.25) is 0 Å². The van der Waals surface area contributed by atoms with Crippen molar-refractivity contribution in [3.63, 3.8) is 0 Å². The van der Waals surface area contributed by atoms with Gasteiger partial charge in [-0.15, -0.1) is 0 Å². The van der Waals surface area contributed by atoms with Crippen LogP contribution in [0.25, 0.3) is 0 Å². The van der Waals surface area contributed by atoms with Crippen molar-refractivity contribution >= 4 is 22.6 Å². The molecule has 0 spiro atoms. The minimum absolute atomic E-state index is 0.470. The zero-order chi connectivity index (χ0) is 8.81. The highest BCUT2D eigenvalue weighted by molar-refractivity contribution is 14.1. The maximum absolute atomic E-state index is 8.41. The second-order valence-corrected chi connectivity index (χ2v) is 2.79. The van der Waals surface area contributed by atoms with Crippen molar-refractivity contribution in [1.29, 1.82) is 5.26 Å². The Bertz CT molecular complexity index is 348. The number of hydrogen-bond donors (Lipinski definition) is 0. The first-order chi connectivity index (χ1) is 5.86. The Morgan fingerprint density at radius 2 is 1.92 bits per heavy atom. The average Bonchev–Trinajstić information content (AvgIpc) is 2.09. The third-order valence-electron chi connectivity index (χ3n) is 1.43. The van der Waals surface area contributed by atoms with E-state index >= 15 is 0 Å². The van der Waals surface area contributed by atoms with E-state index in [2.05, 4.69) is 15.9 Å². The summed E-state index contributed by atoms with van der Waals surface area (Å²) in [7, 11) is 0. The lowest BCUT2D eigenvalue weighted by Crippen LogP contribution is -1.80. The Morgan fingerprint density at radius 1 is 1.25 bits per heavy atom. The van der Waals surface area contributed by atoms with Gasteiger partial charge in [0.25, 0.3) is 0 Å². The summed E-state index contributed by atoms with van der Waals surface area (Å²) in [5.74, 6) is 2.93. The molecule has 2 heteroatoms. The first kappa shape index (κ1) is 9.09. The molecule has 1 aromatic rings. The molecule has 0 bridgehead atoms. The largest absolute Gasteiger partial charge is 0.198 e. The van der Waals surface area contributed by atoms with Crippen LogP contribution in [0.5, 0.6) is 0 Å². The third kappa shape index (κ3) is 2.56. The molecule has 0 saturated carbocycles. The maximum atomic E-state index is 8.41. The van der Waals surface area contributed by atoms with E-state index in [4.69, 9.17) is 5.26 Å². The topological polar surface area (TPSA) is 23.8 Å². The predicted molar refractivity (Wildman–Crippen MR) is 56.7 cm³/mol. The summed E-state index contributed by atoms with van der Waals surface area (Å²) in [6.07, 6.45) is 0.470. The first-order valence-corrected chi connectivity index (χ1v) is 4.52. The Hall–Kier alpha value is -1.00. The fourth-order valence-electron chi connectivity index (χ4n) is 0.852. The zero-order valence-electron chi connectivity index (χ0n) is 6.34. The Labute approximate surface area is 85.5 Å². The van der Waals surface area contributed by atoms with Crippen molar-refractivity contribution < 1.29 is 0 Å². The molecule has 0 unspecified atom stereocenters. The van der Waals surface area contributed by atoms with Crippen LogP contribution in [0, 0.1) is 21.2 Å². The van der Waals surface area contributed by atoms with Crippen LogP contribution in [0.15, 0.2) is 24.3 Å². The highest BCUT2D eigenvalue weighted by atomic mass is 127. The second kappa shape index (κ2) is 4.79. The van der Waals surface area contributed by atoms with Crippen molar-refractivity contribution in [2.45, 2.75) is 6.42 Å². The lowest BCUT2D eigenvalue weighted by atomic mass is 10.1. The van der Waals surface area contributed by atoms with E-state index < -0.39 is 0 Å². The van der Waals surface area contributed by atoms with Gasteiger partial charge < -0.3 is 0 Å². The fourth-order valence-corrected chi connectivity index (χ4v) is 1.16. The smallest absolute Gasteiger partial charge is 0.0669 e. The third-order valence-corrected chi connectivity index (χ3v) is 1.70. The molecule has 0 fully saturated rings. The molecular formula is C10H6IN. The maximum Gasteiger partial charge on any atom is 0.0669 e. The van der Waals surface area contributed by atoms with Crippen LogP contribution in [0.1, 0.15) is 11.1 Å². The summed E-state index contributed by atoms with van der Waals surface area (Å²) < 4.78 is 2.79. The number of nitrogens with zero attached hydrogens (tertiary/aromatic N) is 1. The van der Waals surface area contributed by atoms with Gasteiger partial charge in [-0.25, -0.2) is 0 Å². The van der Waals surface area contributed by atoms with Gasteiger partial charge in [0.05, 0.1) is 12.5 Å². The molecule has 0 atom stereocenters.